The highest BCUT2D eigenvalue weighted by atomic mass is 35.5. The van der Waals surface area contributed by atoms with Crippen LogP contribution in [0.4, 0.5) is 5.69 Å². The van der Waals surface area contributed by atoms with Gasteiger partial charge in [0.25, 0.3) is 0 Å². The first-order valence-electron chi connectivity index (χ1n) is 4.78. The second kappa shape index (κ2) is 4.01. The molecule has 0 spiro atoms. The van der Waals surface area contributed by atoms with Crippen LogP contribution in [0.25, 0.3) is 0 Å². The van der Waals surface area contributed by atoms with Crippen LogP contribution in [0.5, 0.6) is 0 Å². The summed E-state index contributed by atoms with van der Waals surface area (Å²) in [5, 5.41) is 2.82. The Kier molecular flexibility index (Phi) is 2.73. The molecule has 1 aliphatic rings. The predicted octanol–water partition coefficient (Wildman–Crippen LogP) is 2.35. The van der Waals surface area contributed by atoms with Gasteiger partial charge in [0.2, 0.25) is 5.91 Å². The number of halogens is 1. The van der Waals surface area contributed by atoms with E-state index in [0.29, 0.717) is 0 Å². The Labute approximate surface area is 88.3 Å². The number of aryl methyl sites for hydroxylation is 1. The number of hydrogen-bond acceptors (Lipinski definition) is 1. The fraction of sp³-hybridized carbons (Fsp3) is 0.364. The standard InChI is InChI=1S/C11H12ClNO/c12-7-11(14)13-10-6-2-4-8-3-1-5-9(8)10/h2,4,6H,1,3,5,7H2,(H,13,14). The van der Waals surface area contributed by atoms with E-state index in [-0.39, 0.29) is 11.8 Å². The first-order valence-corrected chi connectivity index (χ1v) is 5.31. The average molecular weight is 210 g/mol. The van der Waals surface area contributed by atoms with Crippen molar-refractivity contribution in [1.29, 1.82) is 0 Å². The van der Waals surface area contributed by atoms with E-state index in [0.717, 1.165) is 18.5 Å². The second-order valence-corrected chi connectivity index (χ2v) is 3.75. The molecule has 0 aromatic heterocycles. The number of benzene rings is 1. The highest BCUT2D eigenvalue weighted by Crippen LogP contribution is 2.28. The van der Waals surface area contributed by atoms with Crippen molar-refractivity contribution >= 4 is 23.2 Å². The maximum atomic E-state index is 11.1. The molecule has 1 aliphatic carbocycles. The fourth-order valence-electron chi connectivity index (χ4n) is 1.92. The molecular weight excluding hydrogens is 198 g/mol. The van der Waals surface area contributed by atoms with Crippen molar-refractivity contribution in [2.24, 2.45) is 0 Å². The Hall–Kier alpha value is -1.02. The van der Waals surface area contributed by atoms with E-state index in [4.69, 9.17) is 11.6 Å². The van der Waals surface area contributed by atoms with Crippen LogP contribution in [0.1, 0.15) is 17.5 Å². The minimum absolute atomic E-state index is 0.0175. The Bertz CT molecular complexity index is 362. The fourth-order valence-corrected chi connectivity index (χ4v) is 1.99. The third-order valence-corrected chi connectivity index (χ3v) is 2.78. The average Bonchev–Trinajstić information content (AvgIpc) is 2.66. The molecule has 3 heteroatoms. The molecule has 0 bridgehead atoms. The number of amides is 1. The molecule has 0 unspecified atom stereocenters. The summed E-state index contributed by atoms with van der Waals surface area (Å²) in [6.45, 7) is 0. The highest BCUT2D eigenvalue weighted by Gasteiger charge is 2.14. The number of fused-ring (bicyclic) bond motifs is 1. The van der Waals surface area contributed by atoms with Crippen molar-refractivity contribution in [3.05, 3.63) is 29.3 Å². The van der Waals surface area contributed by atoms with Crippen molar-refractivity contribution < 1.29 is 4.79 Å². The zero-order valence-electron chi connectivity index (χ0n) is 7.85. The number of carbonyl (C=O) groups excluding carboxylic acids is 1. The van der Waals surface area contributed by atoms with E-state index in [2.05, 4.69) is 11.4 Å². The summed E-state index contributed by atoms with van der Waals surface area (Å²) in [5.74, 6) is -0.115. The molecule has 2 nitrogen and oxygen atoms in total. The van der Waals surface area contributed by atoms with Gasteiger partial charge in [0.1, 0.15) is 5.88 Å². The second-order valence-electron chi connectivity index (χ2n) is 3.48. The normalized spacial score (nSPS) is 13.8. The monoisotopic (exact) mass is 209 g/mol. The minimum Gasteiger partial charge on any atom is -0.325 e. The van der Waals surface area contributed by atoms with Crippen molar-refractivity contribution in [1.82, 2.24) is 0 Å². The third kappa shape index (κ3) is 1.75. The maximum absolute atomic E-state index is 11.1. The van der Waals surface area contributed by atoms with Gasteiger partial charge < -0.3 is 5.32 Å². The van der Waals surface area contributed by atoms with Gasteiger partial charge in [-0.3, -0.25) is 4.79 Å². The summed E-state index contributed by atoms with van der Waals surface area (Å²) in [6, 6.07) is 6.04. The molecule has 1 aromatic carbocycles. The zero-order chi connectivity index (χ0) is 9.97. The minimum atomic E-state index is -0.132. The van der Waals surface area contributed by atoms with E-state index in [1.165, 1.54) is 17.5 Å². The maximum Gasteiger partial charge on any atom is 0.239 e. The number of hydrogen-bond donors (Lipinski definition) is 1. The van der Waals surface area contributed by atoms with Crippen molar-refractivity contribution in [3.8, 4) is 0 Å². The van der Waals surface area contributed by atoms with E-state index < -0.39 is 0 Å². The quantitative estimate of drug-likeness (QED) is 0.745. The van der Waals surface area contributed by atoms with Crippen LogP contribution in [0.15, 0.2) is 18.2 Å². The molecule has 1 amide bonds. The summed E-state index contributed by atoms with van der Waals surface area (Å²) in [5.41, 5.74) is 3.58. The van der Waals surface area contributed by atoms with Gasteiger partial charge in [-0.25, -0.2) is 0 Å². The van der Waals surface area contributed by atoms with E-state index in [1.807, 2.05) is 12.1 Å². The highest BCUT2D eigenvalue weighted by molar-refractivity contribution is 6.29. The summed E-state index contributed by atoms with van der Waals surface area (Å²) in [7, 11) is 0. The Morgan fingerprint density at radius 1 is 1.43 bits per heavy atom. The first kappa shape index (κ1) is 9.53. The molecule has 0 saturated carbocycles. The van der Waals surface area contributed by atoms with Gasteiger partial charge in [0.15, 0.2) is 0 Å². The molecule has 0 saturated heterocycles. The molecule has 0 aliphatic heterocycles. The molecule has 0 radical (unpaired) electrons. The smallest absolute Gasteiger partial charge is 0.239 e. The SMILES string of the molecule is O=C(CCl)Nc1cccc2c1CCC2. The van der Waals surface area contributed by atoms with Crippen LogP contribution < -0.4 is 5.32 Å². The van der Waals surface area contributed by atoms with Crippen LogP contribution in [0.2, 0.25) is 0 Å². The number of nitrogens with one attached hydrogen (secondary N) is 1. The number of carbonyl (C=O) groups is 1. The number of alkyl halides is 1. The zero-order valence-corrected chi connectivity index (χ0v) is 8.60. The number of rotatable bonds is 2. The van der Waals surface area contributed by atoms with Crippen LogP contribution in [0, 0.1) is 0 Å². The third-order valence-electron chi connectivity index (χ3n) is 2.54. The van der Waals surface area contributed by atoms with Gasteiger partial charge in [0.05, 0.1) is 0 Å². The molecular formula is C11H12ClNO. The molecule has 2 rings (SSSR count). The Balaban J connectivity index is 2.26. The topological polar surface area (TPSA) is 29.1 Å². The summed E-state index contributed by atoms with van der Waals surface area (Å²) >= 11 is 5.44. The lowest BCUT2D eigenvalue weighted by molar-refractivity contribution is -0.113. The van der Waals surface area contributed by atoms with Crippen molar-refractivity contribution in [2.45, 2.75) is 19.3 Å². The lowest BCUT2D eigenvalue weighted by Crippen LogP contribution is -2.13. The molecule has 0 atom stereocenters. The van der Waals surface area contributed by atoms with Gasteiger partial charge >= 0.3 is 0 Å². The molecule has 0 fully saturated rings. The van der Waals surface area contributed by atoms with E-state index in [1.54, 1.807) is 0 Å². The van der Waals surface area contributed by atoms with Crippen LogP contribution in [-0.2, 0) is 17.6 Å². The first-order chi connectivity index (χ1) is 6.81. The van der Waals surface area contributed by atoms with Crippen molar-refractivity contribution in [3.63, 3.8) is 0 Å². The Morgan fingerprint density at radius 3 is 3.07 bits per heavy atom. The molecule has 74 valence electrons. The lowest BCUT2D eigenvalue weighted by Gasteiger charge is -2.08. The van der Waals surface area contributed by atoms with Crippen LogP contribution >= 0.6 is 11.6 Å². The van der Waals surface area contributed by atoms with E-state index >= 15 is 0 Å². The van der Waals surface area contributed by atoms with Gasteiger partial charge in [-0.05, 0) is 36.5 Å². The van der Waals surface area contributed by atoms with Gasteiger partial charge in [0, 0.05) is 5.69 Å². The van der Waals surface area contributed by atoms with Gasteiger partial charge in [-0.15, -0.1) is 11.6 Å². The predicted molar refractivity (Wildman–Crippen MR) is 57.8 cm³/mol. The van der Waals surface area contributed by atoms with Gasteiger partial charge in [-0.2, -0.15) is 0 Å². The van der Waals surface area contributed by atoms with Crippen LogP contribution in [-0.4, -0.2) is 11.8 Å². The summed E-state index contributed by atoms with van der Waals surface area (Å²) in [4.78, 5) is 11.1. The Morgan fingerprint density at radius 2 is 2.29 bits per heavy atom. The van der Waals surface area contributed by atoms with Gasteiger partial charge in [-0.1, -0.05) is 12.1 Å². The van der Waals surface area contributed by atoms with E-state index in [9.17, 15) is 4.79 Å². The molecule has 14 heavy (non-hydrogen) atoms. The summed E-state index contributed by atoms with van der Waals surface area (Å²) < 4.78 is 0. The summed E-state index contributed by atoms with van der Waals surface area (Å²) in [6.07, 6.45) is 3.37. The van der Waals surface area contributed by atoms with Crippen molar-refractivity contribution in [2.75, 3.05) is 11.2 Å². The molecule has 0 heterocycles. The molecule has 1 N–H and O–H groups in total. The van der Waals surface area contributed by atoms with Crippen LogP contribution in [0.3, 0.4) is 0 Å². The molecule has 1 aromatic rings. The largest absolute Gasteiger partial charge is 0.325 e. The lowest BCUT2D eigenvalue weighted by atomic mass is 10.1. The number of anilines is 1.